The van der Waals surface area contributed by atoms with Crippen LogP contribution in [0.3, 0.4) is 0 Å². The van der Waals surface area contributed by atoms with Crippen molar-refractivity contribution < 1.29 is 13.9 Å². The minimum Gasteiger partial charge on any atom is -0.444 e. The molecule has 1 N–H and O–H groups in total. The standard InChI is InChI=1S/C24H36FN5O2S/c1-7-13-30(23(31)32-24(4,5)6)14-15-11-10-12-17-18-20(19(25)16(8-2)27-17)28-22(33-9-3)29-21(18)26-15/h15H,7-14H2,1-6H3,(H,26,28,29). The average Bonchev–Trinajstić information content (AvgIpc) is 2.72. The molecule has 9 heteroatoms. The Morgan fingerprint density at radius 2 is 2.00 bits per heavy atom. The van der Waals surface area contributed by atoms with E-state index in [4.69, 9.17) is 9.72 Å². The summed E-state index contributed by atoms with van der Waals surface area (Å²) in [7, 11) is 0. The van der Waals surface area contributed by atoms with Crippen molar-refractivity contribution in [3.63, 3.8) is 0 Å². The van der Waals surface area contributed by atoms with Gasteiger partial charge < -0.3 is 15.0 Å². The van der Waals surface area contributed by atoms with Crippen LogP contribution in [-0.2, 0) is 17.6 Å². The molecule has 0 radical (unpaired) electrons. The molecule has 2 aromatic rings. The van der Waals surface area contributed by atoms with Crippen molar-refractivity contribution in [1.29, 1.82) is 0 Å². The predicted molar refractivity (Wildman–Crippen MR) is 132 cm³/mol. The number of pyridine rings is 1. The van der Waals surface area contributed by atoms with E-state index in [0.717, 1.165) is 37.1 Å². The van der Waals surface area contributed by atoms with Crippen LogP contribution in [0.15, 0.2) is 5.16 Å². The predicted octanol–water partition coefficient (Wildman–Crippen LogP) is 5.60. The molecule has 1 aliphatic rings. The Balaban J connectivity index is 1.98. The second kappa shape index (κ2) is 10.8. The molecule has 1 unspecified atom stereocenters. The van der Waals surface area contributed by atoms with E-state index in [1.54, 1.807) is 4.90 Å². The number of rotatable bonds is 7. The third-order valence-electron chi connectivity index (χ3n) is 5.41. The van der Waals surface area contributed by atoms with Crippen LogP contribution < -0.4 is 5.32 Å². The summed E-state index contributed by atoms with van der Waals surface area (Å²) in [6, 6.07) is -0.0382. The lowest BCUT2D eigenvalue weighted by molar-refractivity contribution is 0.0240. The van der Waals surface area contributed by atoms with Crippen LogP contribution in [0.1, 0.15) is 72.2 Å². The molecule has 0 spiro atoms. The summed E-state index contributed by atoms with van der Waals surface area (Å²) in [6.45, 7) is 12.7. The number of carbonyl (C=O) groups is 1. The zero-order valence-corrected chi connectivity index (χ0v) is 21.4. The van der Waals surface area contributed by atoms with Crippen LogP contribution in [0.2, 0.25) is 0 Å². The number of thioether (sulfide) groups is 1. The van der Waals surface area contributed by atoms with Gasteiger partial charge in [-0.1, -0.05) is 32.5 Å². The quantitative estimate of drug-likeness (QED) is 0.410. The van der Waals surface area contributed by atoms with Gasteiger partial charge in [-0.3, -0.25) is 4.98 Å². The first kappa shape index (κ1) is 25.5. The molecule has 182 valence electrons. The van der Waals surface area contributed by atoms with Gasteiger partial charge in [-0.05, 0) is 58.6 Å². The molecule has 1 aliphatic heterocycles. The van der Waals surface area contributed by atoms with Gasteiger partial charge in [0.15, 0.2) is 11.0 Å². The minimum atomic E-state index is -0.554. The van der Waals surface area contributed by atoms with Crippen LogP contribution >= 0.6 is 11.8 Å². The third-order valence-corrected chi connectivity index (χ3v) is 6.14. The van der Waals surface area contributed by atoms with Gasteiger partial charge in [0.1, 0.15) is 16.9 Å². The molecule has 2 aromatic heterocycles. The number of aryl methyl sites for hydroxylation is 2. The number of amides is 1. The molecule has 0 fully saturated rings. The summed E-state index contributed by atoms with van der Waals surface area (Å²) >= 11 is 1.48. The second-order valence-corrected chi connectivity index (χ2v) is 10.6. The number of ether oxygens (including phenoxy) is 1. The van der Waals surface area contributed by atoms with Crippen LogP contribution in [-0.4, -0.2) is 56.4 Å². The number of aromatic nitrogens is 3. The summed E-state index contributed by atoms with van der Waals surface area (Å²) in [5.74, 6) is 1.03. The lowest BCUT2D eigenvalue weighted by Gasteiger charge is -2.31. The van der Waals surface area contributed by atoms with Crippen molar-refractivity contribution >= 4 is 34.6 Å². The van der Waals surface area contributed by atoms with Crippen LogP contribution in [0.25, 0.3) is 10.9 Å². The van der Waals surface area contributed by atoms with Crippen molar-refractivity contribution in [2.45, 2.75) is 90.4 Å². The number of hydrogen-bond donors (Lipinski definition) is 1. The maximum absolute atomic E-state index is 15.3. The molecule has 0 saturated heterocycles. The fraction of sp³-hybridized carbons (Fsp3) is 0.667. The highest BCUT2D eigenvalue weighted by atomic mass is 32.2. The van der Waals surface area contributed by atoms with Crippen LogP contribution in [0.4, 0.5) is 15.0 Å². The first-order valence-corrected chi connectivity index (χ1v) is 12.9. The van der Waals surface area contributed by atoms with Crippen LogP contribution in [0, 0.1) is 5.82 Å². The van der Waals surface area contributed by atoms with E-state index in [0.29, 0.717) is 47.1 Å². The molecule has 1 atom stereocenters. The van der Waals surface area contributed by atoms with E-state index in [1.165, 1.54) is 11.8 Å². The highest BCUT2D eigenvalue weighted by Gasteiger charge is 2.27. The number of nitrogens with one attached hydrogen (secondary N) is 1. The van der Waals surface area contributed by atoms with Gasteiger partial charge in [-0.15, -0.1) is 0 Å². The first-order chi connectivity index (χ1) is 15.7. The van der Waals surface area contributed by atoms with E-state index < -0.39 is 5.60 Å². The second-order valence-electron chi connectivity index (χ2n) is 9.34. The van der Waals surface area contributed by atoms with E-state index in [9.17, 15) is 4.79 Å². The monoisotopic (exact) mass is 477 g/mol. The molecule has 3 rings (SSSR count). The average molecular weight is 478 g/mol. The fourth-order valence-electron chi connectivity index (χ4n) is 4.03. The Kier molecular flexibility index (Phi) is 8.37. The summed E-state index contributed by atoms with van der Waals surface area (Å²) in [5.41, 5.74) is 1.07. The lowest BCUT2D eigenvalue weighted by Crippen LogP contribution is -2.44. The molecule has 1 amide bonds. The molecular weight excluding hydrogens is 441 g/mol. The van der Waals surface area contributed by atoms with Gasteiger partial charge >= 0.3 is 6.09 Å². The summed E-state index contributed by atoms with van der Waals surface area (Å²) in [4.78, 5) is 28.5. The molecule has 0 saturated carbocycles. The Labute approximate surface area is 200 Å². The first-order valence-electron chi connectivity index (χ1n) is 11.9. The molecular formula is C24H36FN5O2S. The van der Waals surface area contributed by atoms with E-state index >= 15 is 4.39 Å². The van der Waals surface area contributed by atoms with Crippen LogP contribution in [0.5, 0.6) is 0 Å². The molecule has 7 nitrogen and oxygen atoms in total. The molecule has 0 bridgehead atoms. The SMILES string of the molecule is CCCN(CC1CCCc2nc(CC)c(F)c3nc(SCC)nc(c23)N1)C(=O)OC(C)(C)C. The topological polar surface area (TPSA) is 80.2 Å². The number of halogens is 1. The maximum atomic E-state index is 15.3. The van der Waals surface area contributed by atoms with E-state index in [1.807, 2.05) is 41.5 Å². The number of hydrogen-bond acceptors (Lipinski definition) is 7. The smallest absolute Gasteiger partial charge is 0.410 e. The number of carbonyl (C=O) groups excluding carboxylic acids is 1. The highest BCUT2D eigenvalue weighted by Crippen LogP contribution is 2.33. The van der Waals surface area contributed by atoms with Gasteiger partial charge in [-0.2, -0.15) is 0 Å². The van der Waals surface area contributed by atoms with Gasteiger partial charge in [0.05, 0.1) is 16.8 Å². The minimum absolute atomic E-state index is 0.0382. The van der Waals surface area contributed by atoms with Crippen molar-refractivity contribution in [3.05, 3.63) is 17.2 Å². The Morgan fingerprint density at radius 1 is 1.24 bits per heavy atom. The Morgan fingerprint density at radius 3 is 2.64 bits per heavy atom. The zero-order chi connectivity index (χ0) is 24.2. The Bertz CT molecular complexity index is 995. The van der Waals surface area contributed by atoms with Crippen molar-refractivity contribution in [2.24, 2.45) is 0 Å². The third kappa shape index (κ3) is 6.25. The van der Waals surface area contributed by atoms with Crippen molar-refractivity contribution in [2.75, 3.05) is 24.2 Å². The van der Waals surface area contributed by atoms with E-state index in [-0.39, 0.29) is 18.0 Å². The summed E-state index contributed by atoms with van der Waals surface area (Å²) < 4.78 is 20.9. The largest absolute Gasteiger partial charge is 0.444 e. The maximum Gasteiger partial charge on any atom is 0.410 e. The number of anilines is 1. The molecule has 0 aromatic carbocycles. The molecule has 33 heavy (non-hydrogen) atoms. The van der Waals surface area contributed by atoms with Gasteiger partial charge in [0, 0.05) is 19.1 Å². The lowest BCUT2D eigenvalue weighted by atomic mass is 10.0. The van der Waals surface area contributed by atoms with Crippen molar-refractivity contribution in [1.82, 2.24) is 19.9 Å². The summed E-state index contributed by atoms with van der Waals surface area (Å²) in [5, 5.41) is 4.72. The normalized spacial score (nSPS) is 16.2. The zero-order valence-electron chi connectivity index (χ0n) is 20.6. The van der Waals surface area contributed by atoms with E-state index in [2.05, 4.69) is 15.3 Å². The van der Waals surface area contributed by atoms with Gasteiger partial charge in [-0.25, -0.2) is 19.2 Å². The van der Waals surface area contributed by atoms with Gasteiger partial charge in [0.25, 0.3) is 0 Å². The number of nitrogens with zero attached hydrogens (tertiary/aromatic N) is 4. The van der Waals surface area contributed by atoms with Crippen molar-refractivity contribution in [3.8, 4) is 0 Å². The molecule has 0 aliphatic carbocycles. The van der Waals surface area contributed by atoms with Gasteiger partial charge in [0.2, 0.25) is 0 Å². The Hall–Kier alpha value is -2.16. The molecule has 3 heterocycles. The highest BCUT2D eigenvalue weighted by molar-refractivity contribution is 7.99. The summed E-state index contributed by atoms with van der Waals surface area (Å²) in [6.07, 6.45) is 3.46. The fourth-order valence-corrected chi connectivity index (χ4v) is 4.60.